The second kappa shape index (κ2) is 8.78. The smallest absolute Gasteiger partial charge is 0.142 e. The van der Waals surface area contributed by atoms with Crippen molar-refractivity contribution in [1.29, 1.82) is 0 Å². The molecule has 1 aromatic rings. The van der Waals surface area contributed by atoms with E-state index in [4.69, 9.17) is 19.9 Å². The number of anilines is 1. The fourth-order valence-corrected chi connectivity index (χ4v) is 1.47. The zero-order valence-corrected chi connectivity index (χ0v) is 11.2. The molecule has 0 bridgehead atoms. The maximum absolute atomic E-state index is 5.77. The fraction of sp³-hybridized carbons (Fsp3) is 0.571. The summed E-state index contributed by atoms with van der Waals surface area (Å²) >= 11 is 0. The first-order chi connectivity index (χ1) is 8.74. The van der Waals surface area contributed by atoms with Crippen LogP contribution < -0.4 is 10.5 Å². The molecule has 0 radical (unpaired) electrons. The Morgan fingerprint density at radius 2 is 2.00 bits per heavy atom. The Balaban J connectivity index is 2.07. The molecule has 18 heavy (non-hydrogen) atoms. The van der Waals surface area contributed by atoms with Crippen LogP contribution in [0.15, 0.2) is 24.3 Å². The van der Waals surface area contributed by atoms with Crippen molar-refractivity contribution >= 4 is 5.69 Å². The van der Waals surface area contributed by atoms with Crippen molar-refractivity contribution in [2.45, 2.75) is 26.4 Å². The van der Waals surface area contributed by atoms with E-state index in [9.17, 15) is 0 Å². The molecular weight excluding hydrogens is 230 g/mol. The van der Waals surface area contributed by atoms with E-state index >= 15 is 0 Å². The van der Waals surface area contributed by atoms with Gasteiger partial charge in [-0.15, -0.1) is 0 Å². The summed E-state index contributed by atoms with van der Waals surface area (Å²) in [5, 5.41) is 0. The molecule has 1 atom stereocenters. The minimum Gasteiger partial charge on any atom is -0.491 e. The van der Waals surface area contributed by atoms with Crippen LogP contribution in [0.5, 0.6) is 5.75 Å². The molecule has 4 heteroatoms. The number of ether oxygens (including phenoxy) is 3. The third-order valence-corrected chi connectivity index (χ3v) is 2.42. The average Bonchev–Trinajstić information content (AvgIpc) is 2.38. The van der Waals surface area contributed by atoms with Crippen LogP contribution in [0.2, 0.25) is 0 Å². The minimum atomic E-state index is 0.131. The van der Waals surface area contributed by atoms with Gasteiger partial charge in [0.1, 0.15) is 5.75 Å². The maximum atomic E-state index is 5.77. The average molecular weight is 253 g/mol. The third-order valence-electron chi connectivity index (χ3n) is 2.42. The van der Waals surface area contributed by atoms with Crippen molar-refractivity contribution in [2.24, 2.45) is 0 Å². The fourth-order valence-electron chi connectivity index (χ4n) is 1.47. The largest absolute Gasteiger partial charge is 0.491 e. The minimum absolute atomic E-state index is 0.131. The van der Waals surface area contributed by atoms with Gasteiger partial charge in [-0.25, -0.2) is 0 Å². The number of nitrogen functional groups attached to an aromatic ring is 1. The van der Waals surface area contributed by atoms with Crippen LogP contribution in [0.4, 0.5) is 5.69 Å². The highest BCUT2D eigenvalue weighted by atomic mass is 16.5. The van der Waals surface area contributed by atoms with Crippen molar-refractivity contribution in [1.82, 2.24) is 0 Å². The van der Waals surface area contributed by atoms with E-state index in [2.05, 4.69) is 0 Å². The van der Waals surface area contributed by atoms with Gasteiger partial charge < -0.3 is 19.9 Å². The van der Waals surface area contributed by atoms with E-state index in [1.807, 2.05) is 38.1 Å². The van der Waals surface area contributed by atoms with Crippen LogP contribution in [-0.2, 0) is 9.47 Å². The zero-order chi connectivity index (χ0) is 13.2. The lowest BCUT2D eigenvalue weighted by atomic mass is 10.3. The predicted molar refractivity (Wildman–Crippen MR) is 72.9 cm³/mol. The molecule has 0 aliphatic carbocycles. The maximum Gasteiger partial charge on any atom is 0.142 e. The topological polar surface area (TPSA) is 53.7 Å². The SMILES string of the molecule is CCOCC(C)OCCCOc1ccccc1N. The predicted octanol–water partition coefficient (Wildman–Crippen LogP) is 2.48. The summed E-state index contributed by atoms with van der Waals surface area (Å²) < 4.78 is 16.4. The van der Waals surface area contributed by atoms with Gasteiger partial charge in [0, 0.05) is 13.0 Å². The summed E-state index contributed by atoms with van der Waals surface area (Å²) in [7, 11) is 0. The van der Waals surface area contributed by atoms with Gasteiger partial charge >= 0.3 is 0 Å². The van der Waals surface area contributed by atoms with Gasteiger partial charge in [-0.05, 0) is 26.0 Å². The molecule has 0 aliphatic rings. The molecule has 0 amide bonds. The molecular formula is C14H23NO3. The monoisotopic (exact) mass is 253 g/mol. The molecule has 1 rings (SSSR count). The van der Waals surface area contributed by atoms with Crippen LogP contribution in [0.3, 0.4) is 0 Å². The molecule has 2 N–H and O–H groups in total. The number of hydrogen-bond acceptors (Lipinski definition) is 4. The first kappa shape index (κ1) is 14.8. The van der Waals surface area contributed by atoms with Gasteiger partial charge in [0.15, 0.2) is 0 Å². The normalized spacial score (nSPS) is 12.3. The second-order valence-corrected chi connectivity index (χ2v) is 4.08. The Morgan fingerprint density at radius 3 is 2.72 bits per heavy atom. The lowest BCUT2D eigenvalue weighted by molar-refractivity contribution is -0.00664. The highest BCUT2D eigenvalue weighted by Gasteiger charge is 2.02. The Bertz CT molecular complexity index is 331. The van der Waals surface area contributed by atoms with Gasteiger partial charge in [0.2, 0.25) is 0 Å². The number of benzene rings is 1. The molecule has 0 saturated heterocycles. The van der Waals surface area contributed by atoms with Gasteiger partial charge in [-0.1, -0.05) is 12.1 Å². The molecule has 0 saturated carbocycles. The summed E-state index contributed by atoms with van der Waals surface area (Å²) in [5.74, 6) is 0.736. The van der Waals surface area contributed by atoms with E-state index in [0.29, 0.717) is 25.5 Å². The Morgan fingerprint density at radius 1 is 1.22 bits per heavy atom. The van der Waals surface area contributed by atoms with Crippen molar-refractivity contribution in [3.05, 3.63) is 24.3 Å². The third kappa shape index (κ3) is 5.89. The molecule has 0 aromatic heterocycles. The number of nitrogens with two attached hydrogens (primary N) is 1. The van der Waals surface area contributed by atoms with E-state index < -0.39 is 0 Å². The van der Waals surface area contributed by atoms with E-state index in [0.717, 1.165) is 18.8 Å². The highest BCUT2D eigenvalue weighted by molar-refractivity contribution is 5.51. The first-order valence-electron chi connectivity index (χ1n) is 6.40. The van der Waals surface area contributed by atoms with Crippen LogP contribution in [0, 0.1) is 0 Å². The van der Waals surface area contributed by atoms with Crippen molar-refractivity contribution in [2.75, 3.05) is 32.2 Å². The molecule has 102 valence electrons. The Hall–Kier alpha value is -1.26. The standard InChI is InChI=1S/C14H23NO3/c1-3-16-11-12(2)17-9-6-10-18-14-8-5-4-7-13(14)15/h4-5,7-8,12H,3,6,9-11,15H2,1-2H3. The lowest BCUT2D eigenvalue weighted by Crippen LogP contribution is -2.17. The Kier molecular flexibility index (Phi) is 7.22. The number of rotatable bonds is 9. The number of para-hydroxylation sites is 2. The molecule has 0 spiro atoms. The van der Waals surface area contributed by atoms with Gasteiger partial charge in [-0.2, -0.15) is 0 Å². The van der Waals surface area contributed by atoms with Crippen molar-refractivity contribution < 1.29 is 14.2 Å². The first-order valence-corrected chi connectivity index (χ1v) is 6.40. The van der Waals surface area contributed by atoms with Gasteiger partial charge in [0.25, 0.3) is 0 Å². The number of hydrogen-bond donors (Lipinski definition) is 1. The summed E-state index contributed by atoms with van der Waals surface area (Å²) in [5.41, 5.74) is 6.44. The summed E-state index contributed by atoms with van der Waals surface area (Å²) in [6.45, 7) is 6.63. The van der Waals surface area contributed by atoms with Crippen molar-refractivity contribution in [3.8, 4) is 5.75 Å². The molecule has 4 nitrogen and oxygen atoms in total. The van der Waals surface area contributed by atoms with Crippen LogP contribution >= 0.6 is 0 Å². The molecule has 0 fully saturated rings. The molecule has 0 aliphatic heterocycles. The van der Waals surface area contributed by atoms with Gasteiger partial charge in [-0.3, -0.25) is 0 Å². The van der Waals surface area contributed by atoms with Crippen LogP contribution in [-0.4, -0.2) is 32.5 Å². The van der Waals surface area contributed by atoms with Crippen LogP contribution in [0.25, 0.3) is 0 Å². The zero-order valence-electron chi connectivity index (χ0n) is 11.2. The summed E-state index contributed by atoms with van der Waals surface area (Å²) in [6.07, 6.45) is 0.969. The van der Waals surface area contributed by atoms with Crippen LogP contribution in [0.1, 0.15) is 20.3 Å². The second-order valence-electron chi connectivity index (χ2n) is 4.08. The molecule has 1 aromatic carbocycles. The molecule has 1 unspecified atom stereocenters. The van der Waals surface area contributed by atoms with E-state index in [-0.39, 0.29) is 6.10 Å². The van der Waals surface area contributed by atoms with E-state index in [1.165, 1.54) is 0 Å². The molecule has 0 heterocycles. The van der Waals surface area contributed by atoms with E-state index in [1.54, 1.807) is 0 Å². The highest BCUT2D eigenvalue weighted by Crippen LogP contribution is 2.19. The lowest BCUT2D eigenvalue weighted by Gasteiger charge is -2.13. The summed E-state index contributed by atoms with van der Waals surface area (Å²) in [6, 6.07) is 7.50. The Labute approximate surface area is 109 Å². The van der Waals surface area contributed by atoms with Gasteiger partial charge in [0.05, 0.1) is 31.6 Å². The summed E-state index contributed by atoms with van der Waals surface area (Å²) in [4.78, 5) is 0. The van der Waals surface area contributed by atoms with Crippen molar-refractivity contribution in [3.63, 3.8) is 0 Å². The quantitative estimate of drug-likeness (QED) is 0.542.